The molecule has 74 valence electrons. The summed E-state index contributed by atoms with van der Waals surface area (Å²) in [7, 11) is 0. The highest BCUT2D eigenvalue weighted by atomic mass is 14.7. The van der Waals surface area contributed by atoms with Gasteiger partial charge in [-0.05, 0) is 30.3 Å². The van der Waals surface area contributed by atoms with Gasteiger partial charge < -0.3 is 16.5 Å². The van der Waals surface area contributed by atoms with Crippen LogP contribution in [0.5, 0.6) is 0 Å². The molecule has 0 aliphatic carbocycles. The van der Waals surface area contributed by atoms with Crippen LogP contribution in [-0.4, -0.2) is 4.98 Å². The van der Waals surface area contributed by atoms with Gasteiger partial charge in [-0.15, -0.1) is 0 Å². The normalized spacial score (nSPS) is 11.2. The molecular weight excluding hydrogens is 186 g/mol. The molecule has 1 aromatic heterocycles. The molecule has 0 aliphatic heterocycles. The average molecular weight is 197 g/mol. The Morgan fingerprint density at radius 1 is 0.733 bits per heavy atom. The van der Waals surface area contributed by atoms with Gasteiger partial charge in [0.15, 0.2) is 0 Å². The molecule has 0 saturated carbocycles. The van der Waals surface area contributed by atoms with E-state index in [4.69, 9.17) is 11.5 Å². The number of rotatable bonds is 0. The van der Waals surface area contributed by atoms with E-state index in [2.05, 4.69) is 4.98 Å². The second-order valence-electron chi connectivity index (χ2n) is 3.74. The van der Waals surface area contributed by atoms with Crippen molar-refractivity contribution in [3.05, 3.63) is 36.4 Å². The molecule has 15 heavy (non-hydrogen) atoms. The van der Waals surface area contributed by atoms with Crippen LogP contribution >= 0.6 is 0 Å². The Kier molecular flexibility index (Phi) is 1.45. The van der Waals surface area contributed by atoms with Crippen LogP contribution in [0.15, 0.2) is 36.4 Å². The molecule has 1 heterocycles. The van der Waals surface area contributed by atoms with Crippen LogP contribution in [0.3, 0.4) is 0 Å². The summed E-state index contributed by atoms with van der Waals surface area (Å²) in [5, 5.41) is 2.30. The Morgan fingerprint density at radius 3 is 2.33 bits per heavy atom. The average Bonchev–Trinajstić information content (AvgIpc) is 2.54. The first-order chi connectivity index (χ1) is 7.24. The zero-order valence-electron chi connectivity index (χ0n) is 8.12. The van der Waals surface area contributed by atoms with Crippen LogP contribution in [0, 0.1) is 0 Å². The van der Waals surface area contributed by atoms with Gasteiger partial charge in [-0.1, -0.05) is 6.07 Å². The fourth-order valence-corrected chi connectivity index (χ4v) is 1.94. The lowest BCUT2D eigenvalue weighted by atomic mass is 10.1. The second-order valence-corrected chi connectivity index (χ2v) is 3.74. The van der Waals surface area contributed by atoms with Crippen LogP contribution in [0.1, 0.15) is 0 Å². The number of nitrogen functional groups attached to an aromatic ring is 2. The molecule has 0 unspecified atom stereocenters. The first kappa shape index (κ1) is 8.17. The van der Waals surface area contributed by atoms with Gasteiger partial charge in [0.2, 0.25) is 0 Å². The minimum absolute atomic E-state index is 0.766. The van der Waals surface area contributed by atoms with E-state index in [1.54, 1.807) is 0 Å². The lowest BCUT2D eigenvalue weighted by molar-refractivity contribution is 1.54. The van der Waals surface area contributed by atoms with Crippen molar-refractivity contribution in [2.24, 2.45) is 0 Å². The van der Waals surface area contributed by atoms with Crippen molar-refractivity contribution < 1.29 is 0 Å². The Balaban J connectivity index is 2.53. The zero-order valence-corrected chi connectivity index (χ0v) is 8.12. The Bertz CT molecular complexity index is 652. The van der Waals surface area contributed by atoms with Gasteiger partial charge in [-0.25, -0.2) is 0 Å². The predicted octanol–water partition coefficient (Wildman–Crippen LogP) is 2.49. The zero-order chi connectivity index (χ0) is 10.4. The van der Waals surface area contributed by atoms with E-state index in [1.165, 1.54) is 0 Å². The summed E-state index contributed by atoms with van der Waals surface area (Å²) in [5.74, 6) is 0. The van der Waals surface area contributed by atoms with Crippen LogP contribution in [-0.2, 0) is 0 Å². The Labute approximate surface area is 86.7 Å². The number of anilines is 2. The smallest absolute Gasteiger partial charge is 0.0485 e. The number of H-pyrrole nitrogens is 1. The summed E-state index contributed by atoms with van der Waals surface area (Å²) >= 11 is 0. The van der Waals surface area contributed by atoms with E-state index in [0.717, 1.165) is 33.2 Å². The molecule has 2 aromatic carbocycles. The van der Waals surface area contributed by atoms with Crippen LogP contribution in [0.4, 0.5) is 11.4 Å². The van der Waals surface area contributed by atoms with E-state index in [0.29, 0.717) is 0 Å². The summed E-state index contributed by atoms with van der Waals surface area (Å²) in [6, 6.07) is 11.7. The van der Waals surface area contributed by atoms with Gasteiger partial charge in [0, 0.05) is 33.2 Å². The van der Waals surface area contributed by atoms with Crippen molar-refractivity contribution in [1.29, 1.82) is 0 Å². The number of hydrogen-bond donors (Lipinski definition) is 3. The van der Waals surface area contributed by atoms with Gasteiger partial charge >= 0.3 is 0 Å². The quantitative estimate of drug-likeness (QED) is 0.484. The molecule has 0 radical (unpaired) electrons. The maximum atomic E-state index is 5.77. The first-order valence-electron chi connectivity index (χ1n) is 4.80. The minimum Gasteiger partial charge on any atom is -0.399 e. The Morgan fingerprint density at radius 2 is 1.47 bits per heavy atom. The molecule has 5 N–H and O–H groups in total. The summed E-state index contributed by atoms with van der Waals surface area (Å²) < 4.78 is 0. The van der Waals surface area contributed by atoms with Crippen molar-refractivity contribution in [2.45, 2.75) is 0 Å². The molecule has 0 amide bonds. The van der Waals surface area contributed by atoms with Crippen LogP contribution < -0.4 is 11.5 Å². The topological polar surface area (TPSA) is 67.8 Å². The monoisotopic (exact) mass is 197 g/mol. The van der Waals surface area contributed by atoms with Crippen molar-refractivity contribution >= 4 is 33.2 Å². The first-order valence-corrected chi connectivity index (χ1v) is 4.80. The fraction of sp³-hybridized carbons (Fsp3) is 0. The molecule has 0 aliphatic rings. The maximum absolute atomic E-state index is 5.77. The van der Waals surface area contributed by atoms with Gasteiger partial charge in [0.1, 0.15) is 0 Å². The molecule has 0 fully saturated rings. The number of aromatic nitrogens is 1. The third-order valence-electron chi connectivity index (χ3n) is 2.65. The van der Waals surface area contributed by atoms with Gasteiger partial charge in [-0.2, -0.15) is 0 Å². The molecule has 0 bridgehead atoms. The SMILES string of the molecule is Nc1ccc2c(c1)[nH]c1ccc(N)cc12. The number of nitrogens with two attached hydrogens (primary N) is 2. The second kappa shape index (κ2) is 2.67. The maximum Gasteiger partial charge on any atom is 0.0485 e. The van der Waals surface area contributed by atoms with E-state index in [9.17, 15) is 0 Å². The van der Waals surface area contributed by atoms with E-state index in [-0.39, 0.29) is 0 Å². The summed E-state index contributed by atoms with van der Waals surface area (Å²) in [4.78, 5) is 3.31. The molecule has 0 spiro atoms. The van der Waals surface area contributed by atoms with Gasteiger partial charge in [0.05, 0.1) is 0 Å². The van der Waals surface area contributed by atoms with Crippen molar-refractivity contribution in [3.63, 3.8) is 0 Å². The fourth-order valence-electron chi connectivity index (χ4n) is 1.94. The van der Waals surface area contributed by atoms with Crippen molar-refractivity contribution in [3.8, 4) is 0 Å². The third kappa shape index (κ3) is 1.13. The highest BCUT2D eigenvalue weighted by molar-refractivity contribution is 6.08. The number of hydrogen-bond acceptors (Lipinski definition) is 2. The van der Waals surface area contributed by atoms with Crippen molar-refractivity contribution in [1.82, 2.24) is 4.98 Å². The lowest BCUT2D eigenvalue weighted by Gasteiger charge is -1.94. The van der Waals surface area contributed by atoms with E-state index in [1.807, 2.05) is 36.4 Å². The van der Waals surface area contributed by atoms with Crippen LogP contribution in [0.2, 0.25) is 0 Å². The molecule has 3 rings (SSSR count). The molecule has 3 nitrogen and oxygen atoms in total. The number of nitrogens with one attached hydrogen (secondary N) is 1. The third-order valence-corrected chi connectivity index (χ3v) is 2.65. The molecule has 0 atom stereocenters. The molecular formula is C12H11N3. The summed E-state index contributed by atoms with van der Waals surface area (Å²) in [6.45, 7) is 0. The molecule has 3 heteroatoms. The van der Waals surface area contributed by atoms with E-state index >= 15 is 0 Å². The Hall–Kier alpha value is -2.16. The standard InChI is InChI=1S/C12H11N3/c13-7-2-4-11-10(5-7)9-3-1-8(14)6-12(9)15-11/h1-6,15H,13-14H2. The number of aromatic amines is 1. The van der Waals surface area contributed by atoms with E-state index < -0.39 is 0 Å². The highest BCUT2D eigenvalue weighted by Gasteiger charge is 2.03. The predicted molar refractivity (Wildman–Crippen MR) is 64.6 cm³/mol. The summed E-state index contributed by atoms with van der Waals surface area (Å²) in [5.41, 5.74) is 15.2. The number of fused-ring (bicyclic) bond motifs is 3. The van der Waals surface area contributed by atoms with Gasteiger partial charge in [0.25, 0.3) is 0 Å². The molecule has 0 saturated heterocycles. The lowest BCUT2D eigenvalue weighted by Crippen LogP contribution is -1.82. The van der Waals surface area contributed by atoms with Gasteiger partial charge in [-0.3, -0.25) is 0 Å². The summed E-state index contributed by atoms with van der Waals surface area (Å²) in [6.07, 6.45) is 0. The van der Waals surface area contributed by atoms with Crippen molar-refractivity contribution in [2.75, 3.05) is 11.5 Å². The largest absolute Gasteiger partial charge is 0.399 e. The number of benzene rings is 2. The highest BCUT2D eigenvalue weighted by Crippen LogP contribution is 2.27. The van der Waals surface area contributed by atoms with Crippen LogP contribution in [0.25, 0.3) is 21.8 Å². The molecule has 3 aromatic rings. The minimum atomic E-state index is 0.766.